The summed E-state index contributed by atoms with van der Waals surface area (Å²) in [5, 5.41) is 0. The topological polar surface area (TPSA) is 86.0 Å². The molecule has 2 heterocycles. The number of allylic oxidation sites excluding steroid dienone is 2. The minimum atomic E-state index is -0.199. The monoisotopic (exact) mass is 422 g/mol. The fourth-order valence-electron chi connectivity index (χ4n) is 3.72. The third-order valence-corrected chi connectivity index (χ3v) is 6.17. The average Bonchev–Trinajstić information content (AvgIpc) is 3.16. The summed E-state index contributed by atoms with van der Waals surface area (Å²) in [6.45, 7) is 16.7. The zero-order valence-corrected chi connectivity index (χ0v) is 19.6. The van der Waals surface area contributed by atoms with Crippen molar-refractivity contribution < 1.29 is 0 Å². The van der Waals surface area contributed by atoms with E-state index in [0.717, 1.165) is 35.7 Å². The smallest absolute Gasteiger partial charge is 0.146 e. The van der Waals surface area contributed by atoms with Gasteiger partial charge in [0, 0.05) is 19.3 Å². The van der Waals surface area contributed by atoms with Gasteiger partial charge in [-0.05, 0) is 49.8 Å². The predicted octanol–water partition coefficient (Wildman–Crippen LogP) is 5.27. The van der Waals surface area contributed by atoms with E-state index in [1.54, 1.807) is 12.3 Å². The molecule has 2 aromatic heterocycles. The van der Waals surface area contributed by atoms with E-state index in [-0.39, 0.29) is 12.2 Å². The van der Waals surface area contributed by atoms with Crippen LogP contribution in [0.3, 0.4) is 0 Å². The first-order valence-corrected chi connectivity index (χ1v) is 11.0. The molecule has 0 bridgehead atoms. The average molecular weight is 423 g/mol. The van der Waals surface area contributed by atoms with Crippen LogP contribution in [0.2, 0.25) is 0 Å². The van der Waals surface area contributed by atoms with Crippen molar-refractivity contribution in [1.29, 1.82) is 0 Å². The van der Waals surface area contributed by atoms with Crippen LogP contribution in [0.1, 0.15) is 52.3 Å². The highest BCUT2D eigenvalue weighted by molar-refractivity contribution is 5.74. The lowest BCUT2D eigenvalue weighted by molar-refractivity contribution is 0.319. The van der Waals surface area contributed by atoms with E-state index in [1.165, 1.54) is 0 Å². The molecule has 6 nitrogen and oxygen atoms in total. The van der Waals surface area contributed by atoms with Crippen molar-refractivity contribution >= 4 is 17.7 Å². The van der Waals surface area contributed by atoms with Gasteiger partial charge in [0.05, 0.1) is 11.7 Å². The number of pyridine rings is 1. The normalized spacial score (nSPS) is 15.4. The number of hydrogen-bond donors (Lipinski definition) is 2. The SMILES string of the molecule is C=Cc1nc(-c2cccnc2N)n([C@@H](C)[C@H](C)C(C)C=C)c1N(C)C(N)C/C=C\CC. The highest BCUT2D eigenvalue weighted by Gasteiger charge is 2.29. The summed E-state index contributed by atoms with van der Waals surface area (Å²) < 4.78 is 2.23. The number of nitrogens with two attached hydrogens (primary N) is 2. The first kappa shape index (κ1) is 24.4. The fourth-order valence-corrected chi connectivity index (χ4v) is 3.72. The Kier molecular flexibility index (Phi) is 8.63. The number of aromatic nitrogens is 3. The van der Waals surface area contributed by atoms with Crippen molar-refractivity contribution in [2.75, 3.05) is 17.7 Å². The van der Waals surface area contributed by atoms with Crippen LogP contribution in [0.25, 0.3) is 17.5 Å². The second kappa shape index (κ2) is 11.0. The van der Waals surface area contributed by atoms with Crippen molar-refractivity contribution in [2.24, 2.45) is 17.6 Å². The van der Waals surface area contributed by atoms with E-state index in [2.05, 4.69) is 67.5 Å². The lowest BCUT2D eigenvalue weighted by Crippen LogP contribution is -2.41. The molecular formula is C25H38N6. The Morgan fingerprint density at radius 3 is 2.52 bits per heavy atom. The minimum Gasteiger partial charge on any atom is -0.383 e. The summed E-state index contributed by atoms with van der Waals surface area (Å²) in [4.78, 5) is 11.3. The second-order valence-electron chi connectivity index (χ2n) is 8.14. The first-order valence-electron chi connectivity index (χ1n) is 11.0. The molecule has 31 heavy (non-hydrogen) atoms. The zero-order valence-electron chi connectivity index (χ0n) is 19.6. The van der Waals surface area contributed by atoms with Gasteiger partial charge in [-0.2, -0.15) is 0 Å². The van der Waals surface area contributed by atoms with Gasteiger partial charge in [0.25, 0.3) is 0 Å². The quantitative estimate of drug-likeness (QED) is 0.381. The molecule has 0 aromatic carbocycles. The fraction of sp³-hybridized carbons (Fsp3) is 0.440. The molecule has 0 radical (unpaired) electrons. The van der Waals surface area contributed by atoms with Gasteiger partial charge in [-0.3, -0.25) is 0 Å². The van der Waals surface area contributed by atoms with Crippen LogP contribution in [0.5, 0.6) is 0 Å². The predicted molar refractivity (Wildman–Crippen MR) is 134 cm³/mol. The number of imidazole rings is 1. The summed E-state index contributed by atoms with van der Waals surface area (Å²) in [6.07, 6.45) is 11.3. The van der Waals surface area contributed by atoms with Crippen molar-refractivity contribution in [3.63, 3.8) is 0 Å². The van der Waals surface area contributed by atoms with Crippen LogP contribution in [0, 0.1) is 11.8 Å². The summed E-state index contributed by atoms with van der Waals surface area (Å²) in [5.74, 6) is 2.79. The molecule has 2 aromatic rings. The number of anilines is 2. The van der Waals surface area contributed by atoms with E-state index in [0.29, 0.717) is 17.7 Å². The highest BCUT2D eigenvalue weighted by Crippen LogP contribution is 2.38. The van der Waals surface area contributed by atoms with Gasteiger partial charge < -0.3 is 20.9 Å². The number of nitrogens with zero attached hydrogens (tertiary/aromatic N) is 4. The van der Waals surface area contributed by atoms with Crippen LogP contribution < -0.4 is 16.4 Å². The third-order valence-electron chi connectivity index (χ3n) is 6.17. The van der Waals surface area contributed by atoms with Crippen molar-refractivity contribution in [3.05, 3.63) is 55.4 Å². The Balaban J connectivity index is 2.70. The Hall–Kier alpha value is -2.86. The first-order chi connectivity index (χ1) is 14.8. The molecular weight excluding hydrogens is 384 g/mol. The number of nitrogen functional groups attached to an aromatic ring is 1. The maximum absolute atomic E-state index is 6.57. The van der Waals surface area contributed by atoms with Crippen LogP contribution in [0.15, 0.2) is 49.7 Å². The molecule has 0 spiro atoms. The molecule has 0 aliphatic rings. The van der Waals surface area contributed by atoms with E-state index < -0.39 is 0 Å². The van der Waals surface area contributed by atoms with Gasteiger partial charge in [0.1, 0.15) is 23.2 Å². The highest BCUT2D eigenvalue weighted by atomic mass is 15.3. The molecule has 0 aliphatic carbocycles. The van der Waals surface area contributed by atoms with Crippen molar-refractivity contribution in [1.82, 2.24) is 14.5 Å². The molecule has 2 unspecified atom stereocenters. The summed E-state index contributed by atoms with van der Waals surface area (Å²) in [5.41, 5.74) is 14.4. The molecule has 0 amide bonds. The molecule has 2 rings (SSSR count). The molecule has 168 valence electrons. The van der Waals surface area contributed by atoms with Crippen LogP contribution in [-0.2, 0) is 0 Å². The van der Waals surface area contributed by atoms with E-state index in [1.807, 2.05) is 25.3 Å². The summed E-state index contributed by atoms with van der Waals surface area (Å²) in [7, 11) is 2.01. The molecule has 0 saturated heterocycles. The minimum absolute atomic E-state index is 0.111. The van der Waals surface area contributed by atoms with Crippen LogP contribution >= 0.6 is 0 Å². The Labute approximate surface area is 187 Å². The van der Waals surface area contributed by atoms with Gasteiger partial charge in [0.15, 0.2) is 0 Å². The largest absolute Gasteiger partial charge is 0.383 e. The lowest BCUT2D eigenvalue weighted by atomic mass is 9.89. The second-order valence-corrected chi connectivity index (χ2v) is 8.14. The Bertz CT molecular complexity index is 913. The standard InChI is InChI=1S/C25H38N6/c1-8-11-12-15-22(26)30(7)25-21(10-3)29-24(20-14-13-16-28-23(20)27)31(25)19(6)18(5)17(4)9-2/h9-14,16-19,22H,2-3,8,15,26H2,1,4-7H3,(H2,27,28)/b12-11-/t17?,18-,19+,22?/m1/s1. The van der Waals surface area contributed by atoms with E-state index in [4.69, 9.17) is 16.5 Å². The molecule has 6 heteroatoms. The van der Waals surface area contributed by atoms with Gasteiger partial charge in [-0.1, -0.05) is 45.6 Å². The Morgan fingerprint density at radius 2 is 1.94 bits per heavy atom. The summed E-state index contributed by atoms with van der Waals surface area (Å²) in [6, 6.07) is 3.94. The van der Waals surface area contributed by atoms with Gasteiger partial charge in [-0.25, -0.2) is 9.97 Å². The maximum atomic E-state index is 6.57. The van der Waals surface area contributed by atoms with Crippen LogP contribution in [-0.4, -0.2) is 27.7 Å². The van der Waals surface area contributed by atoms with Crippen molar-refractivity contribution in [3.8, 4) is 11.4 Å². The lowest BCUT2D eigenvalue weighted by Gasteiger charge is -2.33. The Morgan fingerprint density at radius 1 is 1.23 bits per heavy atom. The molecule has 0 aliphatic heterocycles. The maximum Gasteiger partial charge on any atom is 0.146 e. The summed E-state index contributed by atoms with van der Waals surface area (Å²) >= 11 is 0. The molecule has 0 saturated carbocycles. The van der Waals surface area contributed by atoms with Gasteiger partial charge in [-0.15, -0.1) is 6.58 Å². The number of hydrogen-bond acceptors (Lipinski definition) is 5. The zero-order chi connectivity index (χ0) is 23.1. The van der Waals surface area contributed by atoms with E-state index >= 15 is 0 Å². The molecule has 0 fully saturated rings. The van der Waals surface area contributed by atoms with Gasteiger partial charge >= 0.3 is 0 Å². The van der Waals surface area contributed by atoms with Gasteiger partial charge in [0.2, 0.25) is 0 Å². The third kappa shape index (κ3) is 5.25. The number of rotatable bonds is 11. The van der Waals surface area contributed by atoms with E-state index in [9.17, 15) is 0 Å². The molecule has 4 atom stereocenters. The molecule has 4 N–H and O–H groups in total. The van der Waals surface area contributed by atoms with Crippen molar-refractivity contribution in [2.45, 2.75) is 52.7 Å². The van der Waals surface area contributed by atoms with Crippen LogP contribution in [0.4, 0.5) is 11.6 Å².